The molecule has 1 saturated heterocycles. The van der Waals surface area contributed by atoms with E-state index >= 15 is 0 Å². The Morgan fingerprint density at radius 1 is 1.00 bits per heavy atom. The lowest BCUT2D eigenvalue weighted by Crippen LogP contribution is -2.56. The van der Waals surface area contributed by atoms with Crippen LogP contribution in [0.1, 0.15) is 24.2 Å². The number of benzene rings is 2. The van der Waals surface area contributed by atoms with Gasteiger partial charge in [0.2, 0.25) is 5.91 Å². The van der Waals surface area contributed by atoms with Gasteiger partial charge in [0.1, 0.15) is 17.6 Å². The van der Waals surface area contributed by atoms with Crippen molar-refractivity contribution in [3.63, 3.8) is 0 Å². The summed E-state index contributed by atoms with van der Waals surface area (Å²) in [7, 11) is 1.51. The Morgan fingerprint density at radius 3 is 2.23 bits per heavy atom. The molecule has 160 valence electrons. The average molecular weight is 413 g/mol. The molecule has 2 aromatic carbocycles. The van der Waals surface area contributed by atoms with Crippen molar-refractivity contribution in [3.05, 3.63) is 59.9 Å². The van der Waals surface area contributed by atoms with E-state index < -0.39 is 6.04 Å². The zero-order valence-corrected chi connectivity index (χ0v) is 17.6. The number of carbonyl (C=O) groups is 2. The van der Waals surface area contributed by atoms with Crippen LogP contribution in [0.4, 0.5) is 10.1 Å². The van der Waals surface area contributed by atoms with Crippen molar-refractivity contribution in [1.29, 1.82) is 0 Å². The molecule has 1 aliphatic rings. The van der Waals surface area contributed by atoms with Crippen molar-refractivity contribution in [2.45, 2.75) is 19.9 Å². The first-order valence-electron chi connectivity index (χ1n) is 10.1. The number of ether oxygens (including phenoxy) is 1. The molecule has 1 fully saturated rings. The fourth-order valence-electron chi connectivity index (χ4n) is 3.60. The Hall–Kier alpha value is -3.09. The van der Waals surface area contributed by atoms with Crippen molar-refractivity contribution in [3.8, 4) is 5.75 Å². The van der Waals surface area contributed by atoms with Crippen LogP contribution in [0.3, 0.4) is 0 Å². The molecule has 0 spiro atoms. The normalized spacial score (nSPS) is 15.1. The maximum atomic E-state index is 13.2. The van der Waals surface area contributed by atoms with Crippen LogP contribution in [0.25, 0.3) is 0 Å². The van der Waals surface area contributed by atoms with Crippen molar-refractivity contribution >= 4 is 17.5 Å². The van der Waals surface area contributed by atoms with Gasteiger partial charge in [0.15, 0.2) is 0 Å². The van der Waals surface area contributed by atoms with E-state index in [0.29, 0.717) is 37.5 Å². The number of nitrogens with zero attached hydrogens (tertiary/aromatic N) is 2. The minimum Gasteiger partial charge on any atom is -0.496 e. The second-order valence-electron chi connectivity index (χ2n) is 7.68. The predicted molar refractivity (Wildman–Crippen MR) is 114 cm³/mol. The molecular weight excluding hydrogens is 385 g/mol. The lowest BCUT2D eigenvalue weighted by atomic mass is 10.0. The number of carbonyl (C=O) groups excluding carboxylic acids is 2. The van der Waals surface area contributed by atoms with Crippen LogP contribution in [0.15, 0.2) is 48.5 Å². The summed E-state index contributed by atoms with van der Waals surface area (Å²) in [5.41, 5.74) is 1.34. The molecule has 1 heterocycles. The van der Waals surface area contributed by atoms with Crippen LogP contribution < -0.4 is 15.0 Å². The lowest BCUT2D eigenvalue weighted by Gasteiger charge is -2.38. The highest BCUT2D eigenvalue weighted by molar-refractivity contribution is 5.99. The lowest BCUT2D eigenvalue weighted by molar-refractivity contribution is -0.134. The number of hydrogen-bond donors (Lipinski definition) is 1. The van der Waals surface area contributed by atoms with Crippen LogP contribution in [0, 0.1) is 11.7 Å². The standard InChI is InChI=1S/C23H28FN3O3/c1-16(2)21(25-22(28)19-6-4-5-7-20(19)30-3)23(29)27-14-12-26(13-15-27)18-10-8-17(24)9-11-18/h4-11,16,21H,12-15H2,1-3H3,(H,25,28)/t21-/m0/s1. The molecule has 0 aromatic heterocycles. The van der Waals surface area contributed by atoms with E-state index in [0.717, 1.165) is 5.69 Å². The summed E-state index contributed by atoms with van der Waals surface area (Å²) in [6, 6.07) is 12.7. The number of anilines is 1. The second kappa shape index (κ2) is 9.61. The molecule has 2 aromatic rings. The van der Waals surface area contributed by atoms with Crippen molar-refractivity contribution in [2.75, 3.05) is 38.2 Å². The average Bonchev–Trinajstić information content (AvgIpc) is 2.77. The van der Waals surface area contributed by atoms with Crippen molar-refractivity contribution < 1.29 is 18.7 Å². The number of para-hydroxylation sites is 1. The molecule has 1 aliphatic heterocycles. The van der Waals surface area contributed by atoms with Gasteiger partial charge in [0.25, 0.3) is 5.91 Å². The second-order valence-corrected chi connectivity index (χ2v) is 7.68. The van der Waals surface area contributed by atoms with Gasteiger partial charge in [-0.25, -0.2) is 4.39 Å². The number of nitrogens with one attached hydrogen (secondary N) is 1. The minimum absolute atomic E-state index is 0.0636. The van der Waals surface area contributed by atoms with Crippen LogP contribution in [0.5, 0.6) is 5.75 Å². The maximum absolute atomic E-state index is 13.2. The van der Waals surface area contributed by atoms with Crippen LogP contribution in [-0.2, 0) is 4.79 Å². The summed E-state index contributed by atoms with van der Waals surface area (Å²) >= 11 is 0. The van der Waals surface area contributed by atoms with Crippen molar-refractivity contribution in [2.24, 2.45) is 5.92 Å². The number of methoxy groups -OCH3 is 1. The van der Waals surface area contributed by atoms with Crippen LogP contribution in [0.2, 0.25) is 0 Å². The largest absolute Gasteiger partial charge is 0.496 e. The third-order valence-electron chi connectivity index (χ3n) is 5.35. The van der Waals surface area contributed by atoms with Gasteiger partial charge in [-0.2, -0.15) is 0 Å². The zero-order valence-electron chi connectivity index (χ0n) is 17.6. The molecule has 0 saturated carbocycles. The van der Waals surface area contributed by atoms with Gasteiger partial charge in [-0.15, -0.1) is 0 Å². The Labute approximate surface area is 176 Å². The Bertz CT molecular complexity index is 878. The summed E-state index contributed by atoms with van der Waals surface area (Å²) in [4.78, 5) is 29.9. The number of halogens is 1. The summed E-state index contributed by atoms with van der Waals surface area (Å²) < 4.78 is 18.4. The molecule has 2 amide bonds. The Balaban J connectivity index is 1.64. The van der Waals surface area contributed by atoms with E-state index in [9.17, 15) is 14.0 Å². The summed E-state index contributed by atoms with van der Waals surface area (Å²) in [5.74, 6) is -0.279. The number of rotatable bonds is 6. The first-order chi connectivity index (χ1) is 14.4. The summed E-state index contributed by atoms with van der Waals surface area (Å²) in [5, 5.41) is 2.89. The molecule has 7 heteroatoms. The third kappa shape index (κ3) is 4.90. The minimum atomic E-state index is -0.625. The van der Waals surface area contributed by atoms with Gasteiger partial charge >= 0.3 is 0 Å². The van der Waals surface area contributed by atoms with E-state index in [4.69, 9.17) is 4.74 Å². The van der Waals surface area contributed by atoms with Gasteiger partial charge < -0.3 is 19.9 Å². The van der Waals surface area contributed by atoms with Crippen LogP contribution >= 0.6 is 0 Å². The highest BCUT2D eigenvalue weighted by Gasteiger charge is 2.31. The monoisotopic (exact) mass is 413 g/mol. The van der Waals surface area contributed by atoms with Gasteiger partial charge in [-0.1, -0.05) is 26.0 Å². The smallest absolute Gasteiger partial charge is 0.255 e. The molecule has 30 heavy (non-hydrogen) atoms. The van der Waals surface area contributed by atoms with Gasteiger partial charge in [-0.3, -0.25) is 9.59 Å². The number of hydrogen-bond acceptors (Lipinski definition) is 4. The molecule has 3 rings (SSSR count). The quantitative estimate of drug-likeness (QED) is 0.791. The van der Waals surface area contributed by atoms with E-state index in [1.807, 2.05) is 13.8 Å². The summed E-state index contributed by atoms with van der Waals surface area (Å²) in [6.07, 6.45) is 0. The van der Waals surface area contributed by atoms with Gasteiger partial charge in [-0.05, 0) is 42.3 Å². The first-order valence-corrected chi connectivity index (χ1v) is 10.1. The fourth-order valence-corrected chi connectivity index (χ4v) is 3.60. The fraction of sp³-hybridized carbons (Fsp3) is 0.391. The highest BCUT2D eigenvalue weighted by atomic mass is 19.1. The van der Waals surface area contributed by atoms with E-state index in [2.05, 4.69) is 10.2 Å². The zero-order chi connectivity index (χ0) is 21.7. The molecule has 0 radical (unpaired) electrons. The molecule has 1 N–H and O–H groups in total. The molecule has 0 aliphatic carbocycles. The predicted octanol–water partition coefficient (Wildman–Crippen LogP) is 2.94. The topological polar surface area (TPSA) is 61.9 Å². The van der Waals surface area contributed by atoms with E-state index in [-0.39, 0.29) is 23.5 Å². The molecule has 0 bridgehead atoms. The van der Waals surface area contributed by atoms with Crippen LogP contribution in [-0.4, -0.2) is 56.0 Å². The molecular formula is C23H28FN3O3. The van der Waals surface area contributed by atoms with E-state index in [1.54, 1.807) is 41.3 Å². The Morgan fingerprint density at radius 2 is 1.63 bits per heavy atom. The first kappa shape index (κ1) is 21.6. The Kier molecular flexibility index (Phi) is 6.92. The molecule has 1 atom stereocenters. The SMILES string of the molecule is COc1ccccc1C(=O)N[C@H](C(=O)N1CCN(c2ccc(F)cc2)CC1)C(C)C. The number of amides is 2. The van der Waals surface area contributed by atoms with Crippen molar-refractivity contribution in [1.82, 2.24) is 10.2 Å². The van der Waals surface area contributed by atoms with E-state index in [1.165, 1.54) is 19.2 Å². The number of piperazine rings is 1. The third-order valence-corrected chi connectivity index (χ3v) is 5.35. The maximum Gasteiger partial charge on any atom is 0.255 e. The summed E-state index contributed by atoms with van der Waals surface area (Å²) in [6.45, 7) is 6.23. The molecule has 0 unspecified atom stereocenters. The van der Waals surface area contributed by atoms with Gasteiger partial charge in [0, 0.05) is 31.9 Å². The van der Waals surface area contributed by atoms with Gasteiger partial charge in [0.05, 0.1) is 12.7 Å². The highest BCUT2D eigenvalue weighted by Crippen LogP contribution is 2.20. The molecule has 6 nitrogen and oxygen atoms in total.